The summed E-state index contributed by atoms with van der Waals surface area (Å²) < 4.78 is 0. The number of rotatable bonds is 5. The molecular formula is C23H34N4OS. The highest BCUT2D eigenvalue weighted by atomic mass is 32.2. The third-order valence-electron chi connectivity index (χ3n) is 6.40. The first-order chi connectivity index (χ1) is 14.2. The van der Waals surface area contributed by atoms with Crippen molar-refractivity contribution >= 4 is 23.6 Å². The minimum atomic E-state index is 0.224. The number of aliphatic imine (C=N–C) groups is 1. The second-order valence-electron chi connectivity index (χ2n) is 8.46. The Morgan fingerprint density at radius 2 is 1.83 bits per heavy atom. The van der Waals surface area contributed by atoms with Gasteiger partial charge in [-0.25, -0.2) is 0 Å². The summed E-state index contributed by atoms with van der Waals surface area (Å²) >= 11 is 1.96. The molecule has 1 aromatic rings. The predicted octanol–water partition coefficient (Wildman–Crippen LogP) is 3.23. The zero-order chi connectivity index (χ0) is 20.1. The van der Waals surface area contributed by atoms with Gasteiger partial charge in [-0.3, -0.25) is 9.79 Å². The molecule has 1 saturated heterocycles. The molecule has 2 unspecified atom stereocenters. The maximum atomic E-state index is 12.8. The summed E-state index contributed by atoms with van der Waals surface area (Å²) in [5.41, 5.74) is 1.41. The van der Waals surface area contributed by atoms with E-state index in [1.807, 2.05) is 11.8 Å². The van der Waals surface area contributed by atoms with Gasteiger partial charge in [0.1, 0.15) is 0 Å². The van der Waals surface area contributed by atoms with Crippen molar-refractivity contribution in [1.29, 1.82) is 0 Å². The Balaban J connectivity index is 1.24. The van der Waals surface area contributed by atoms with Crippen LogP contribution in [-0.2, 0) is 4.79 Å². The molecule has 1 heterocycles. The molecule has 1 amide bonds. The van der Waals surface area contributed by atoms with Gasteiger partial charge in [-0.05, 0) is 44.6 Å². The highest BCUT2D eigenvalue weighted by Gasteiger charge is 2.39. The molecule has 0 spiro atoms. The molecular weight excluding hydrogens is 380 g/mol. The number of hydrogen-bond acceptors (Lipinski definition) is 3. The number of carbonyl (C=O) groups excluding carboxylic acids is 1. The Kier molecular flexibility index (Phi) is 7.01. The lowest BCUT2D eigenvalue weighted by molar-refractivity contribution is -0.136. The van der Waals surface area contributed by atoms with Crippen LogP contribution in [0.4, 0.5) is 0 Å². The third-order valence-corrected chi connectivity index (χ3v) is 7.34. The largest absolute Gasteiger partial charge is 0.354 e. The van der Waals surface area contributed by atoms with E-state index < -0.39 is 0 Å². The van der Waals surface area contributed by atoms with E-state index >= 15 is 0 Å². The number of nitrogens with one attached hydrogen (secondary N) is 2. The van der Waals surface area contributed by atoms with Crippen LogP contribution in [0.25, 0.3) is 0 Å². The van der Waals surface area contributed by atoms with Crippen molar-refractivity contribution in [2.45, 2.75) is 57.0 Å². The lowest BCUT2D eigenvalue weighted by Gasteiger charge is -2.34. The van der Waals surface area contributed by atoms with Crippen molar-refractivity contribution in [1.82, 2.24) is 15.5 Å². The Morgan fingerprint density at radius 3 is 2.52 bits per heavy atom. The molecule has 158 valence electrons. The van der Waals surface area contributed by atoms with Crippen LogP contribution in [0.3, 0.4) is 0 Å². The van der Waals surface area contributed by atoms with Crippen molar-refractivity contribution in [3.8, 4) is 0 Å². The highest BCUT2D eigenvalue weighted by molar-refractivity contribution is 7.99. The van der Waals surface area contributed by atoms with Crippen molar-refractivity contribution in [2.24, 2.45) is 10.9 Å². The molecule has 1 aromatic carbocycles. The predicted molar refractivity (Wildman–Crippen MR) is 121 cm³/mol. The zero-order valence-corrected chi connectivity index (χ0v) is 18.3. The van der Waals surface area contributed by atoms with Crippen molar-refractivity contribution in [3.63, 3.8) is 0 Å². The number of thioether (sulfide) groups is 1. The van der Waals surface area contributed by atoms with Gasteiger partial charge in [-0.1, -0.05) is 30.3 Å². The molecule has 3 fully saturated rings. The van der Waals surface area contributed by atoms with Crippen LogP contribution < -0.4 is 10.6 Å². The summed E-state index contributed by atoms with van der Waals surface area (Å²) in [5.74, 6) is 4.34. The van der Waals surface area contributed by atoms with Gasteiger partial charge in [0, 0.05) is 55.1 Å². The van der Waals surface area contributed by atoms with E-state index in [4.69, 9.17) is 0 Å². The van der Waals surface area contributed by atoms with Crippen LogP contribution in [-0.4, -0.2) is 60.0 Å². The van der Waals surface area contributed by atoms with Crippen LogP contribution in [0.1, 0.15) is 50.5 Å². The number of benzene rings is 1. The Hall–Kier alpha value is -1.69. The van der Waals surface area contributed by atoms with E-state index in [9.17, 15) is 4.79 Å². The summed E-state index contributed by atoms with van der Waals surface area (Å²) in [6, 6.07) is 11.6. The van der Waals surface area contributed by atoms with Gasteiger partial charge in [0.2, 0.25) is 5.91 Å². The molecule has 2 N–H and O–H groups in total. The van der Waals surface area contributed by atoms with Gasteiger partial charge in [0.05, 0.1) is 0 Å². The molecule has 3 aliphatic rings. The summed E-state index contributed by atoms with van der Waals surface area (Å²) in [4.78, 5) is 19.5. The highest BCUT2D eigenvalue weighted by Crippen LogP contribution is 2.40. The van der Waals surface area contributed by atoms with Crippen LogP contribution in [0.15, 0.2) is 35.3 Å². The van der Waals surface area contributed by atoms with Gasteiger partial charge >= 0.3 is 0 Å². The normalized spacial score (nSPS) is 30.0. The molecule has 0 aromatic heterocycles. The Morgan fingerprint density at radius 1 is 1.10 bits per heavy atom. The second-order valence-corrected chi connectivity index (χ2v) is 9.68. The molecule has 2 aliphatic carbocycles. The Bertz CT molecular complexity index is 696. The van der Waals surface area contributed by atoms with Gasteiger partial charge < -0.3 is 15.5 Å². The third kappa shape index (κ3) is 5.47. The van der Waals surface area contributed by atoms with Gasteiger partial charge in [0.25, 0.3) is 0 Å². The van der Waals surface area contributed by atoms with E-state index in [2.05, 4.69) is 57.8 Å². The monoisotopic (exact) mass is 414 g/mol. The summed E-state index contributed by atoms with van der Waals surface area (Å²) in [7, 11) is 0. The van der Waals surface area contributed by atoms with Gasteiger partial charge in [-0.15, -0.1) is 0 Å². The summed E-state index contributed by atoms with van der Waals surface area (Å²) in [6.45, 7) is 4.72. The molecule has 0 bridgehead atoms. The van der Waals surface area contributed by atoms with Crippen LogP contribution in [0, 0.1) is 5.92 Å². The van der Waals surface area contributed by atoms with Gasteiger partial charge in [-0.2, -0.15) is 11.8 Å². The topological polar surface area (TPSA) is 56.7 Å². The van der Waals surface area contributed by atoms with Crippen LogP contribution in [0.5, 0.6) is 0 Å². The summed E-state index contributed by atoms with van der Waals surface area (Å²) in [5, 5.41) is 7.28. The quantitative estimate of drug-likeness (QED) is 0.574. The second kappa shape index (κ2) is 9.88. The fourth-order valence-electron chi connectivity index (χ4n) is 4.61. The smallest absolute Gasteiger partial charge is 0.225 e. The number of carbonyl (C=O) groups is 1. The molecule has 2 saturated carbocycles. The van der Waals surface area contributed by atoms with Crippen molar-refractivity contribution in [3.05, 3.63) is 35.9 Å². The van der Waals surface area contributed by atoms with Crippen molar-refractivity contribution < 1.29 is 4.79 Å². The number of guanidine groups is 1. The molecule has 1 aliphatic heterocycles. The molecule has 5 nitrogen and oxygen atoms in total. The maximum absolute atomic E-state index is 12.8. The fraction of sp³-hybridized carbons (Fsp3) is 0.652. The zero-order valence-electron chi connectivity index (χ0n) is 17.5. The molecule has 6 heteroatoms. The first-order valence-corrected chi connectivity index (χ1v) is 12.4. The summed E-state index contributed by atoms with van der Waals surface area (Å²) in [6.07, 6.45) is 5.27. The fourth-order valence-corrected chi connectivity index (χ4v) is 5.51. The molecule has 4 rings (SSSR count). The first kappa shape index (κ1) is 20.6. The lowest BCUT2D eigenvalue weighted by atomic mass is 9.85. The van der Waals surface area contributed by atoms with E-state index in [1.165, 1.54) is 12.0 Å². The van der Waals surface area contributed by atoms with E-state index in [1.54, 1.807) is 0 Å². The molecule has 29 heavy (non-hydrogen) atoms. The Labute approximate surface area is 179 Å². The van der Waals surface area contributed by atoms with Crippen molar-refractivity contribution in [2.75, 3.05) is 31.1 Å². The minimum absolute atomic E-state index is 0.224. The van der Waals surface area contributed by atoms with Crippen LogP contribution >= 0.6 is 11.8 Å². The number of hydrogen-bond donors (Lipinski definition) is 2. The van der Waals surface area contributed by atoms with Crippen LogP contribution in [0.2, 0.25) is 0 Å². The van der Waals surface area contributed by atoms with E-state index in [-0.39, 0.29) is 5.92 Å². The SMILES string of the molecule is CCN=C(NC1CCC(C(=O)N2CCSCC2)CC1)NC1CC1c1ccccc1. The lowest BCUT2D eigenvalue weighted by Crippen LogP contribution is -2.48. The standard InChI is InChI=1S/C23H34N4OS/c1-2-24-23(26-21-16-20(21)17-6-4-3-5-7-17)25-19-10-8-18(9-11-19)22(28)27-12-14-29-15-13-27/h3-7,18-21H,2,8-16H2,1H3,(H2,24,25,26). The minimum Gasteiger partial charge on any atom is -0.354 e. The number of amides is 1. The first-order valence-electron chi connectivity index (χ1n) is 11.2. The average Bonchev–Trinajstić information content (AvgIpc) is 3.54. The van der Waals surface area contributed by atoms with Gasteiger partial charge in [0.15, 0.2) is 5.96 Å². The molecule has 2 atom stereocenters. The maximum Gasteiger partial charge on any atom is 0.225 e. The van der Waals surface area contributed by atoms with E-state index in [0.29, 0.717) is 23.9 Å². The van der Waals surface area contributed by atoms with E-state index in [0.717, 1.165) is 62.8 Å². The molecule has 0 radical (unpaired) electrons. The number of nitrogens with zero attached hydrogens (tertiary/aromatic N) is 2. The average molecular weight is 415 g/mol.